The van der Waals surface area contributed by atoms with Crippen molar-refractivity contribution in [1.82, 2.24) is 5.32 Å². The molecule has 0 aliphatic carbocycles. The van der Waals surface area contributed by atoms with Crippen LogP contribution in [0.1, 0.15) is 46.1 Å². The Bertz CT molecular complexity index is 394. The van der Waals surface area contributed by atoms with Crippen LogP contribution in [0, 0.1) is 5.92 Å². The van der Waals surface area contributed by atoms with Crippen LogP contribution in [0.5, 0.6) is 5.75 Å². The molecular weight excluding hydrogens is 382 g/mol. The molecule has 1 aromatic rings. The van der Waals surface area contributed by atoms with E-state index in [2.05, 4.69) is 77.0 Å². The molecule has 0 amide bonds. The van der Waals surface area contributed by atoms with E-state index in [4.69, 9.17) is 4.74 Å². The topological polar surface area (TPSA) is 21.3 Å². The maximum atomic E-state index is 5.98. The number of hydrogen-bond donors (Lipinski definition) is 1. The van der Waals surface area contributed by atoms with Crippen LogP contribution in [0.15, 0.2) is 21.1 Å². The third-order valence-corrected chi connectivity index (χ3v) is 4.57. The van der Waals surface area contributed by atoms with Crippen LogP contribution in [-0.2, 0) is 6.54 Å². The van der Waals surface area contributed by atoms with Gasteiger partial charge in [-0.1, -0.05) is 40.5 Å². The minimum atomic E-state index is 0.485. The molecule has 0 heterocycles. The first-order valence-electron chi connectivity index (χ1n) is 7.31. The Morgan fingerprint density at radius 3 is 2.10 bits per heavy atom. The van der Waals surface area contributed by atoms with Crippen LogP contribution >= 0.6 is 31.9 Å². The number of benzene rings is 1. The largest absolute Gasteiger partial charge is 0.491 e. The lowest BCUT2D eigenvalue weighted by atomic mass is 10.1. The molecule has 0 unspecified atom stereocenters. The molecule has 0 radical (unpaired) electrons. The van der Waals surface area contributed by atoms with Crippen LogP contribution in [0.25, 0.3) is 0 Å². The molecule has 0 aliphatic heterocycles. The van der Waals surface area contributed by atoms with Gasteiger partial charge in [0.1, 0.15) is 5.75 Å². The molecule has 20 heavy (non-hydrogen) atoms. The van der Waals surface area contributed by atoms with Gasteiger partial charge >= 0.3 is 0 Å². The first-order valence-corrected chi connectivity index (χ1v) is 8.90. The van der Waals surface area contributed by atoms with E-state index >= 15 is 0 Å². The zero-order valence-corrected chi connectivity index (χ0v) is 16.0. The number of rotatable bonds is 8. The SMILES string of the molecule is CCC(CC)COc1c(Br)cc(CNC(C)C)cc1Br. The summed E-state index contributed by atoms with van der Waals surface area (Å²) in [6.45, 7) is 10.4. The standard InChI is InChI=1S/C16H25Br2NO/c1-5-12(6-2)10-20-16-14(17)7-13(8-15(16)18)9-19-11(3)4/h7-8,11-12,19H,5-6,9-10H2,1-4H3. The molecule has 1 aromatic carbocycles. The molecular formula is C16H25Br2NO. The fraction of sp³-hybridized carbons (Fsp3) is 0.625. The molecule has 1 N–H and O–H groups in total. The highest BCUT2D eigenvalue weighted by Gasteiger charge is 2.11. The van der Waals surface area contributed by atoms with Gasteiger partial charge in [0.05, 0.1) is 15.6 Å². The van der Waals surface area contributed by atoms with Crippen molar-refractivity contribution in [3.05, 3.63) is 26.6 Å². The Kier molecular flexibility index (Phi) is 8.15. The van der Waals surface area contributed by atoms with Gasteiger partial charge in [-0.25, -0.2) is 0 Å². The van der Waals surface area contributed by atoms with Gasteiger partial charge in [0.25, 0.3) is 0 Å². The lowest BCUT2D eigenvalue weighted by molar-refractivity contribution is 0.238. The lowest BCUT2D eigenvalue weighted by Gasteiger charge is -2.17. The van der Waals surface area contributed by atoms with Crippen molar-refractivity contribution in [2.24, 2.45) is 5.92 Å². The Hall–Kier alpha value is -0.0600. The van der Waals surface area contributed by atoms with Gasteiger partial charge in [-0.15, -0.1) is 0 Å². The van der Waals surface area contributed by atoms with E-state index in [9.17, 15) is 0 Å². The number of hydrogen-bond acceptors (Lipinski definition) is 2. The normalized spacial score (nSPS) is 11.4. The smallest absolute Gasteiger partial charge is 0.147 e. The minimum absolute atomic E-state index is 0.485. The van der Waals surface area contributed by atoms with Crippen LogP contribution in [0.3, 0.4) is 0 Å². The van der Waals surface area contributed by atoms with Crippen molar-refractivity contribution >= 4 is 31.9 Å². The summed E-state index contributed by atoms with van der Waals surface area (Å²) in [7, 11) is 0. The first-order chi connectivity index (χ1) is 9.47. The highest BCUT2D eigenvalue weighted by molar-refractivity contribution is 9.11. The van der Waals surface area contributed by atoms with Crippen molar-refractivity contribution in [2.75, 3.05) is 6.61 Å². The summed E-state index contributed by atoms with van der Waals surface area (Å²) < 4.78 is 8.00. The highest BCUT2D eigenvalue weighted by Crippen LogP contribution is 2.35. The van der Waals surface area contributed by atoms with Gasteiger partial charge in [0.15, 0.2) is 0 Å². The maximum absolute atomic E-state index is 5.98. The van der Waals surface area contributed by atoms with Gasteiger partial charge in [0.2, 0.25) is 0 Å². The number of nitrogens with one attached hydrogen (secondary N) is 1. The van der Waals surface area contributed by atoms with Gasteiger partial charge in [0, 0.05) is 12.6 Å². The minimum Gasteiger partial charge on any atom is -0.491 e. The summed E-state index contributed by atoms with van der Waals surface area (Å²) >= 11 is 7.23. The molecule has 0 fully saturated rings. The lowest BCUT2D eigenvalue weighted by Crippen LogP contribution is -2.21. The number of ether oxygens (including phenoxy) is 1. The summed E-state index contributed by atoms with van der Waals surface area (Å²) in [5, 5.41) is 3.42. The maximum Gasteiger partial charge on any atom is 0.147 e. The molecule has 0 saturated carbocycles. The fourth-order valence-electron chi connectivity index (χ4n) is 1.90. The summed E-state index contributed by atoms with van der Waals surface area (Å²) in [6, 6.07) is 4.74. The molecule has 0 spiro atoms. The number of halogens is 2. The predicted octanol–water partition coefficient (Wildman–Crippen LogP) is 5.52. The van der Waals surface area contributed by atoms with E-state index in [1.54, 1.807) is 0 Å². The predicted molar refractivity (Wildman–Crippen MR) is 93.4 cm³/mol. The Morgan fingerprint density at radius 2 is 1.65 bits per heavy atom. The summed E-state index contributed by atoms with van der Waals surface area (Å²) in [5.41, 5.74) is 1.24. The van der Waals surface area contributed by atoms with E-state index in [0.29, 0.717) is 12.0 Å². The first kappa shape index (κ1) is 18.0. The van der Waals surface area contributed by atoms with Crippen molar-refractivity contribution in [1.29, 1.82) is 0 Å². The Morgan fingerprint density at radius 1 is 1.10 bits per heavy atom. The van der Waals surface area contributed by atoms with E-state index in [-0.39, 0.29) is 0 Å². The highest BCUT2D eigenvalue weighted by atomic mass is 79.9. The van der Waals surface area contributed by atoms with E-state index < -0.39 is 0 Å². The second-order valence-corrected chi connectivity index (χ2v) is 7.13. The molecule has 0 bridgehead atoms. The molecule has 0 aliphatic rings. The third kappa shape index (κ3) is 5.74. The van der Waals surface area contributed by atoms with Gasteiger partial charge in [-0.05, 0) is 55.5 Å². The molecule has 0 saturated heterocycles. The van der Waals surface area contributed by atoms with Crippen LogP contribution in [-0.4, -0.2) is 12.6 Å². The van der Waals surface area contributed by atoms with E-state index in [0.717, 1.165) is 40.7 Å². The average Bonchev–Trinajstić information content (AvgIpc) is 2.40. The molecule has 1 rings (SSSR count). The molecule has 4 heteroatoms. The monoisotopic (exact) mass is 405 g/mol. The van der Waals surface area contributed by atoms with Crippen LogP contribution in [0.4, 0.5) is 0 Å². The van der Waals surface area contributed by atoms with Crippen molar-refractivity contribution in [3.63, 3.8) is 0 Å². The second-order valence-electron chi connectivity index (χ2n) is 5.42. The Labute approximate surface area is 139 Å². The van der Waals surface area contributed by atoms with Crippen molar-refractivity contribution in [2.45, 2.75) is 53.1 Å². The van der Waals surface area contributed by atoms with Crippen LogP contribution < -0.4 is 10.1 Å². The van der Waals surface area contributed by atoms with Crippen molar-refractivity contribution < 1.29 is 4.74 Å². The zero-order valence-electron chi connectivity index (χ0n) is 12.8. The summed E-state index contributed by atoms with van der Waals surface area (Å²) in [6.07, 6.45) is 2.31. The Balaban J connectivity index is 2.73. The average molecular weight is 407 g/mol. The van der Waals surface area contributed by atoms with Crippen molar-refractivity contribution in [3.8, 4) is 5.75 Å². The third-order valence-electron chi connectivity index (χ3n) is 3.39. The molecule has 2 nitrogen and oxygen atoms in total. The van der Waals surface area contributed by atoms with Gasteiger partial charge in [-0.3, -0.25) is 0 Å². The molecule has 0 atom stereocenters. The van der Waals surface area contributed by atoms with Crippen LogP contribution in [0.2, 0.25) is 0 Å². The summed E-state index contributed by atoms with van der Waals surface area (Å²) in [4.78, 5) is 0. The van der Waals surface area contributed by atoms with E-state index in [1.807, 2.05) is 0 Å². The quantitative estimate of drug-likeness (QED) is 0.613. The van der Waals surface area contributed by atoms with E-state index in [1.165, 1.54) is 5.56 Å². The van der Waals surface area contributed by atoms with Gasteiger partial charge < -0.3 is 10.1 Å². The summed E-state index contributed by atoms with van der Waals surface area (Å²) in [5.74, 6) is 1.53. The zero-order chi connectivity index (χ0) is 15.1. The second kappa shape index (κ2) is 9.06. The molecule has 114 valence electrons. The fourth-order valence-corrected chi connectivity index (χ4v) is 3.41. The van der Waals surface area contributed by atoms with Gasteiger partial charge in [-0.2, -0.15) is 0 Å². The molecule has 0 aromatic heterocycles.